The standard InChI is InChI=1S/C44H52N6O7/c1-31(51)46-26-13-11-23-36(47-40-24-12-14-27-57-40)41(53)48-37(42(54)49-38(43(55)56)28-32-16-15-25-45-30-32)29-39(52)50-44(33-17-5-2-6-18-33,34-19-7-3-8-20-34)35-21-9-4-10-22-35/h2-10,15-22,25,30,36-38,40,47H,11-14,23-24,26-29H2,1H3,(H,46,51)(H,48,53)(H,49,54)(H,50,52)(H,55,56)/t36-,37-,38-,40?/m0/s1. The van der Waals surface area contributed by atoms with Crippen molar-refractivity contribution in [1.82, 2.24) is 31.6 Å². The summed E-state index contributed by atoms with van der Waals surface area (Å²) in [7, 11) is 0. The zero-order valence-corrected chi connectivity index (χ0v) is 32.2. The third kappa shape index (κ3) is 12.3. The van der Waals surface area contributed by atoms with Crippen LogP contribution in [0.1, 0.15) is 74.1 Å². The van der Waals surface area contributed by atoms with Gasteiger partial charge in [-0.05, 0) is 66.8 Å². The number of ether oxygens (including phenoxy) is 1. The van der Waals surface area contributed by atoms with Gasteiger partial charge in [0.1, 0.15) is 23.9 Å². The molecule has 13 nitrogen and oxygen atoms in total. The molecular weight excluding hydrogens is 725 g/mol. The number of pyridine rings is 1. The minimum Gasteiger partial charge on any atom is -0.480 e. The molecule has 0 bridgehead atoms. The molecular formula is C44H52N6O7. The molecule has 1 unspecified atom stereocenters. The number of aliphatic carboxylic acids is 1. The first kappa shape index (κ1) is 42.2. The summed E-state index contributed by atoms with van der Waals surface area (Å²) < 4.78 is 5.89. The fourth-order valence-electron chi connectivity index (χ4n) is 7.06. The Morgan fingerprint density at radius 2 is 1.37 bits per heavy atom. The molecule has 1 fully saturated rings. The molecule has 1 aliphatic rings. The highest BCUT2D eigenvalue weighted by atomic mass is 16.5. The van der Waals surface area contributed by atoms with Gasteiger partial charge in [0.2, 0.25) is 23.6 Å². The molecule has 5 rings (SSSR count). The lowest BCUT2D eigenvalue weighted by Gasteiger charge is -2.37. The molecule has 0 radical (unpaired) electrons. The Morgan fingerprint density at radius 3 is 1.89 bits per heavy atom. The van der Waals surface area contributed by atoms with Crippen LogP contribution in [0.5, 0.6) is 0 Å². The molecule has 13 heteroatoms. The molecule has 0 saturated carbocycles. The number of carboxylic acid groups (broad SMARTS) is 1. The number of benzene rings is 3. The number of nitrogens with zero attached hydrogens (tertiary/aromatic N) is 1. The SMILES string of the molecule is CC(=O)NCCCC[C@H](NC1CCCCO1)C(=O)N[C@@H](CC(=O)NC(c1ccccc1)(c1ccccc1)c1ccccc1)C(=O)N[C@@H](Cc1cccnc1)C(=O)O. The van der Waals surface area contributed by atoms with Crippen molar-refractivity contribution in [1.29, 1.82) is 0 Å². The summed E-state index contributed by atoms with van der Waals surface area (Å²) in [6.45, 7) is 2.42. The van der Waals surface area contributed by atoms with Crippen LogP contribution < -0.4 is 26.6 Å². The Kier molecular flexibility index (Phi) is 15.9. The summed E-state index contributed by atoms with van der Waals surface area (Å²) in [5.41, 5.74) is 1.67. The molecule has 1 aromatic heterocycles. The molecule has 300 valence electrons. The first-order chi connectivity index (χ1) is 27.7. The van der Waals surface area contributed by atoms with Crippen LogP contribution in [0.25, 0.3) is 0 Å². The molecule has 4 atom stereocenters. The lowest BCUT2D eigenvalue weighted by atomic mass is 9.77. The molecule has 2 heterocycles. The first-order valence-electron chi connectivity index (χ1n) is 19.5. The molecule has 3 aromatic carbocycles. The van der Waals surface area contributed by atoms with Crippen LogP contribution in [-0.2, 0) is 40.7 Å². The van der Waals surface area contributed by atoms with Gasteiger partial charge in [-0.15, -0.1) is 0 Å². The Labute approximate surface area is 333 Å². The lowest BCUT2D eigenvalue weighted by Crippen LogP contribution is -2.58. The molecule has 4 aromatic rings. The summed E-state index contributed by atoms with van der Waals surface area (Å²) in [6, 6.07) is 28.1. The number of carboxylic acids is 1. The number of unbranched alkanes of at least 4 members (excludes halogenated alkanes) is 1. The highest BCUT2D eigenvalue weighted by Crippen LogP contribution is 2.37. The van der Waals surface area contributed by atoms with Gasteiger partial charge < -0.3 is 31.1 Å². The summed E-state index contributed by atoms with van der Waals surface area (Å²) in [5, 5.41) is 24.8. The van der Waals surface area contributed by atoms with Gasteiger partial charge in [-0.25, -0.2) is 4.79 Å². The van der Waals surface area contributed by atoms with E-state index in [0.29, 0.717) is 44.4 Å². The minimum atomic E-state index is -1.47. The predicted octanol–water partition coefficient (Wildman–Crippen LogP) is 3.97. The van der Waals surface area contributed by atoms with E-state index < -0.39 is 53.8 Å². The third-order valence-corrected chi connectivity index (χ3v) is 9.92. The third-order valence-electron chi connectivity index (χ3n) is 9.92. The van der Waals surface area contributed by atoms with Crippen molar-refractivity contribution in [2.45, 2.75) is 88.2 Å². The maximum Gasteiger partial charge on any atom is 0.326 e. The van der Waals surface area contributed by atoms with Crippen LogP contribution in [0, 0.1) is 0 Å². The van der Waals surface area contributed by atoms with E-state index in [-0.39, 0.29) is 18.6 Å². The van der Waals surface area contributed by atoms with Gasteiger partial charge in [0.15, 0.2) is 0 Å². The smallest absolute Gasteiger partial charge is 0.326 e. The average Bonchev–Trinajstić information content (AvgIpc) is 3.23. The van der Waals surface area contributed by atoms with Gasteiger partial charge in [0.05, 0.1) is 12.5 Å². The normalized spacial score (nSPS) is 15.6. The van der Waals surface area contributed by atoms with Gasteiger partial charge in [0.25, 0.3) is 0 Å². The fourth-order valence-corrected chi connectivity index (χ4v) is 7.06. The van der Waals surface area contributed by atoms with Gasteiger partial charge in [-0.1, -0.05) is 97.1 Å². The van der Waals surface area contributed by atoms with Crippen molar-refractivity contribution in [3.63, 3.8) is 0 Å². The number of rotatable bonds is 20. The van der Waals surface area contributed by atoms with Crippen LogP contribution in [0.2, 0.25) is 0 Å². The number of amides is 4. The maximum atomic E-state index is 14.5. The van der Waals surface area contributed by atoms with Crippen LogP contribution in [0.15, 0.2) is 116 Å². The van der Waals surface area contributed by atoms with Crippen molar-refractivity contribution < 1.29 is 33.8 Å². The number of hydrogen-bond acceptors (Lipinski definition) is 8. The molecule has 0 spiro atoms. The zero-order valence-electron chi connectivity index (χ0n) is 32.2. The minimum absolute atomic E-state index is 0.0710. The largest absolute Gasteiger partial charge is 0.480 e. The Morgan fingerprint density at radius 1 is 0.772 bits per heavy atom. The molecule has 1 aliphatic heterocycles. The topological polar surface area (TPSA) is 188 Å². The quantitative estimate of drug-likeness (QED) is 0.0571. The van der Waals surface area contributed by atoms with Crippen LogP contribution in [-0.4, -0.2) is 77.2 Å². The lowest BCUT2D eigenvalue weighted by molar-refractivity contribution is -0.142. The number of carbonyl (C=O) groups excluding carboxylic acids is 4. The molecule has 0 aliphatic carbocycles. The Hall–Kier alpha value is -5.92. The van der Waals surface area contributed by atoms with Crippen molar-refractivity contribution in [2.24, 2.45) is 0 Å². The van der Waals surface area contributed by atoms with Gasteiger partial charge in [-0.2, -0.15) is 0 Å². The molecule has 6 N–H and O–H groups in total. The van der Waals surface area contributed by atoms with Crippen LogP contribution in [0.4, 0.5) is 0 Å². The van der Waals surface area contributed by atoms with Crippen molar-refractivity contribution in [3.05, 3.63) is 138 Å². The van der Waals surface area contributed by atoms with Gasteiger partial charge in [0, 0.05) is 38.9 Å². The van der Waals surface area contributed by atoms with Gasteiger partial charge in [-0.3, -0.25) is 29.5 Å². The zero-order chi connectivity index (χ0) is 40.5. The predicted molar refractivity (Wildman–Crippen MR) is 214 cm³/mol. The van der Waals surface area contributed by atoms with E-state index in [2.05, 4.69) is 31.6 Å². The highest BCUT2D eigenvalue weighted by Gasteiger charge is 2.39. The van der Waals surface area contributed by atoms with E-state index in [1.165, 1.54) is 13.1 Å². The molecule has 1 saturated heterocycles. The number of aromatic nitrogens is 1. The maximum absolute atomic E-state index is 14.5. The van der Waals surface area contributed by atoms with Crippen molar-refractivity contribution in [3.8, 4) is 0 Å². The molecule has 57 heavy (non-hydrogen) atoms. The summed E-state index contributed by atoms with van der Waals surface area (Å²) in [6.07, 6.45) is 6.14. The van der Waals surface area contributed by atoms with E-state index in [4.69, 9.17) is 4.74 Å². The number of nitrogens with one attached hydrogen (secondary N) is 5. The van der Waals surface area contributed by atoms with E-state index in [9.17, 15) is 29.1 Å². The highest BCUT2D eigenvalue weighted by molar-refractivity contribution is 5.95. The second-order valence-electron chi connectivity index (χ2n) is 14.2. The van der Waals surface area contributed by atoms with Crippen LogP contribution >= 0.6 is 0 Å². The Bertz CT molecular complexity index is 1800. The van der Waals surface area contributed by atoms with Crippen molar-refractivity contribution >= 4 is 29.6 Å². The van der Waals surface area contributed by atoms with Gasteiger partial charge >= 0.3 is 5.97 Å². The average molecular weight is 777 g/mol. The van der Waals surface area contributed by atoms with E-state index in [0.717, 1.165) is 29.5 Å². The van der Waals surface area contributed by atoms with Crippen LogP contribution in [0.3, 0.4) is 0 Å². The fraction of sp³-hybridized carbons (Fsp3) is 0.364. The second-order valence-corrected chi connectivity index (χ2v) is 14.2. The monoisotopic (exact) mass is 776 g/mol. The Balaban J connectivity index is 1.46. The first-order valence-corrected chi connectivity index (χ1v) is 19.5. The molecule has 4 amide bonds. The summed E-state index contributed by atoms with van der Waals surface area (Å²) in [5.74, 6) is -3.38. The number of hydrogen-bond donors (Lipinski definition) is 6. The summed E-state index contributed by atoms with van der Waals surface area (Å²) >= 11 is 0. The summed E-state index contributed by atoms with van der Waals surface area (Å²) in [4.78, 5) is 70.9. The second kappa shape index (κ2) is 21.4. The van der Waals surface area contributed by atoms with E-state index in [1.807, 2.05) is 91.0 Å². The van der Waals surface area contributed by atoms with Crippen molar-refractivity contribution in [2.75, 3.05) is 13.2 Å². The number of carbonyl (C=O) groups is 5. The van der Waals surface area contributed by atoms with E-state index >= 15 is 0 Å². The van der Waals surface area contributed by atoms with E-state index in [1.54, 1.807) is 18.3 Å².